The number of phenols is 1. The molecule has 3 aromatic heterocycles. The Morgan fingerprint density at radius 2 is 1.79 bits per heavy atom. The number of aromatic nitrogens is 3. The quantitative estimate of drug-likeness (QED) is 0.276. The molecule has 8 nitrogen and oxygen atoms in total. The summed E-state index contributed by atoms with van der Waals surface area (Å²) < 4.78 is 15.4. The summed E-state index contributed by atoms with van der Waals surface area (Å²) in [4.78, 5) is 17.5. The van der Waals surface area contributed by atoms with Crippen LogP contribution in [0.3, 0.4) is 0 Å². The van der Waals surface area contributed by atoms with Crippen LogP contribution in [0.2, 0.25) is 0 Å². The lowest BCUT2D eigenvalue weighted by Crippen LogP contribution is -2.26. The minimum Gasteiger partial charge on any atom is -0.619 e. The van der Waals surface area contributed by atoms with Crippen LogP contribution in [0.1, 0.15) is 21.5 Å². The zero-order valence-electron chi connectivity index (χ0n) is 17.8. The molecule has 5 rings (SSSR count). The number of fused-ring (bicyclic) bond motifs is 2. The number of amides is 1. The molecule has 9 heteroatoms. The number of hydrogen-bond acceptors (Lipinski definition) is 5. The Morgan fingerprint density at radius 1 is 1.06 bits per heavy atom. The van der Waals surface area contributed by atoms with Gasteiger partial charge in [0.1, 0.15) is 11.3 Å². The number of nitrogens with one attached hydrogen (secondary N) is 1. The van der Waals surface area contributed by atoms with Crippen molar-refractivity contribution in [2.24, 2.45) is 0 Å². The van der Waals surface area contributed by atoms with E-state index in [1.165, 1.54) is 35.3 Å². The molecule has 170 valence electrons. The van der Waals surface area contributed by atoms with Crippen LogP contribution in [0.15, 0.2) is 73.3 Å². The molecule has 3 N–H and O–H groups in total. The molecule has 0 aliphatic rings. The van der Waals surface area contributed by atoms with Gasteiger partial charge in [-0.3, -0.25) is 9.78 Å². The Kier molecular flexibility index (Phi) is 5.21. The van der Waals surface area contributed by atoms with Crippen LogP contribution < -0.4 is 10.0 Å². The summed E-state index contributed by atoms with van der Waals surface area (Å²) in [6, 6.07) is 12.4. The average molecular weight is 458 g/mol. The van der Waals surface area contributed by atoms with Gasteiger partial charge in [0.2, 0.25) is 5.88 Å². The largest absolute Gasteiger partial charge is 0.619 e. The second kappa shape index (κ2) is 8.36. The van der Waals surface area contributed by atoms with Gasteiger partial charge in [0, 0.05) is 41.8 Å². The van der Waals surface area contributed by atoms with Crippen LogP contribution in [0.5, 0.6) is 11.6 Å². The number of phenolic OH excluding ortho intramolecular Hbond substituents is 1. The summed E-state index contributed by atoms with van der Waals surface area (Å²) in [5.74, 6) is -1.27. The Labute approximate surface area is 192 Å². The van der Waals surface area contributed by atoms with Gasteiger partial charge >= 0.3 is 0 Å². The van der Waals surface area contributed by atoms with Crippen molar-refractivity contribution in [3.63, 3.8) is 0 Å². The fraction of sp³-hybridized carbons (Fsp3) is 0.0800. The summed E-state index contributed by atoms with van der Waals surface area (Å²) in [6.07, 6.45) is 5.75. The van der Waals surface area contributed by atoms with Crippen molar-refractivity contribution >= 4 is 27.6 Å². The van der Waals surface area contributed by atoms with Gasteiger partial charge in [0.05, 0.1) is 17.5 Å². The van der Waals surface area contributed by atoms with Crippen LogP contribution in [0, 0.1) is 11.0 Å². The van der Waals surface area contributed by atoms with E-state index in [9.17, 15) is 24.6 Å². The monoisotopic (exact) mass is 458 g/mol. The summed E-state index contributed by atoms with van der Waals surface area (Å²) >= 11 is 0. The van der Waals surface area contributed by atoms with Crippen LogP contribution in [-0.2, 0) is 13.1 Å². The van der Waals surface area contributed by atoms with E-state index in [0.717, 1.165) is 11.1 Å². The maximum absolute atomic E-state index is 13.3. The number of rotatable bonds is 5. The normalized spacial score (nSPS) is 11.2. The lowest BCUT2D eigenvalue weighted by molar-refractivity contribution is -0.605. The predicted octanol–water partition coefficient (Wildman–Crippen LogP) is 3.35. The molecule has 0 aliphatic carbocycles. The Balaban J connectivity index is 1.61. The third kappa shape index (κ3) is 3.73. The molecule has 34 heavy (non-hydrogen) atoms. The van der Waals surface area contributed by atoms with Crippen molar-refractivity contribution in [1.29, 1.82) is 0 Å². The first-order valence-electron chi connectivity index (χ1n) is 10.4. The van der Waals surface area contributed by atoms with E-state index in [1.807, 2.05) is 0 Å². The highest BCUT2D eigenvalue weighted by Crippen LogP contribution is 2.42. The van der Waals surface area contributed by atoms with Gasteiger partial charge in [-0.2, -0.15) is 4.73 Å². The topological polar surface area (TPSA) is 114 Å². The number of aromatic hydroxyl groups is 2. The Hall–Kier alpha value is -4.66. The number of pyridine rings is 2. The lowest BCUT2D eigenvalue weighted by Gasteiger charge is -2.11. The van der Waals surface area contributed by atoms with Gasteiger partial charge in [-0.1, -0.05) is 18.2 Å². The molecule has 0 unspecified atom stereocenters. The number of hydrogen-bond donors (Lipinski definition) is 3. The fourth-order valence-corrected chi connectivity index (χ4v) is 4.01. The summed E-state index contributed by atoms with van der Waals surface area (Å²) in [5.41, 5.74) is 1.89. The van der Waals surface area contributed by atoms with Crippen LogP contribution in [0.4, 0.5) is 4.39 Å². The van der Waals surface area contributed by atoms with Gasteiger partial charge in [-0.15, -0.1) is 0 Å². The highest BCUT2D eigenvalue weighted by Gasteiger charge is 2.24. The molecule has 2 aromatic carbocycles. The van der Waals surface area contributed by atoms with E-state index >= 15 is 0 Å². The third-order valence-corrected chi connectivity index (χ3v) is 5.67. The molecule has 0 atom stereocenters. The Morgan fingerprint density at radius 3 is 2.53 bits per heavy atom. The lowest BCUT2D eigenvalue weighted by atomic mass is 10.0. The molecule has 0 saturated heterocycles. The fourth-order valence-electron chi connectivity index (χ4n) is 4.01. The molecule has 0 spiro atoms. The maximum Gasteiger partial charge on any atom is 0.252 e. The summed E-state index contributed by atoms with van der Waals surface area (Å²) in [7, 11) is 0. The first-order chi connectivity index (χ1) is 16.4. The zero-order valence-corrected chi connectivity index (χ0v) is 17.8. The summed E-state index contributed by atoms with van der Waals surface area (Å²) in [6.45, 7) is 0.371. The minimum absolute atomic E-state index is 0.102. The number of benzene rings is 2. The molecule has 0 fully saturated rings. The summed E-state index contributed by atoms with van der Waals surface area (Å²) in [5, 5.41) is 36.8. The standard InChI is InChI=1S/C25H19FN4O4/c26-17-5-3-16(4-6-17)13-29-14-19-20(24(32)28-12-15-7-10-30(34)11-8-15)18-2-1-9-27-22(18)23(31)21(19)25(29)33/h1-11,14,31,33H,12-13H2,(H,28,32). The van der Waals surface area contributed by atoms with Gasteiger partial charge in [-0.05, 0) is 29.3 Å². The van der Waals surface area contributed by atoms with E-state index in [4.69, 9.17) is 0 Å². The molecule has 3 heterocycles. The van der Waals surface area contributed by atoms with Gasteiger partial charge < -0.3 is 25.3 Å². The molecule has 5 aromatic rings. The number of nitrogens with zero attached hydrogens (tertiary/aromatic N) is 3. The van der Waals surface area contributed by atoms with E-state index in [0.29, 0.717) is 15.5 Å². The number of carbonyl (C=O) groups excluding carboxylic acids is 1. The van der Waals surface area contributed by atoms with Crippen molar-refractivity contribution < 1.29 is 24.1 Å². The first-order valence-corrected chi connectivity index (χ1v) is 10.4. The molecular formula is C25H19FN4O4. The SMILES string of the molecule is O=C(NCc1cc[n+]([O-])cc1)c1c2cccnc2c(O)c2c(O)n(Cc3ccc(F)cc3)cc12. The van der Waals surface area contributed by atoms with Crippen molar-refractivity contribution in [3.05, 3.63) is 101 Å². The second-order valence-electron chi connectivity index (χ2n) is 7.87. The molecule has 0 bridgehead atoms. The van der Waals surface area contributed by atoms with Gasteiger partial charge in [-0.25, -0.2) is 4.39 Å². The Bertz CT molecular complexity index is 1530. The molecule has 0 aliphatic heterocycles. The van der Waals surface area contributed by atoms with Crippen molar-refractivity contribution in [2.75, 3.05) is 0 Å². The van der Waals surface area contributed by atoms with Crippen LogP contribution in [0.25, 0.3) is 21.7 Å². The molecule has 0 radical (unpaired) electrons. The second-order valence-corrected chi connectivity index (χ2v) is 7.87. The minimum atomic E-state index is -0.430. The van der Waals surface area contributed by atoms with E-state index in [1.54, 1.807) is 42.6 Å². The van der Waals surface area contributed by atoms with Crippen LogP contribution in [-0.4, -0.2) is 25.7 Å². The number of carbonyl (C=O) groups is 1. The van der Waals surface area contributed by atoms with Crippen LogP contribution >= 0.6 is 0 Å². The zero-order chi connectivity index (χ0) is 23.8. The van der Waals surface area contributed by atoms with Gasteiger partial charge in [0.15, 0.2) is 18.1 Å². The molecular weight excluding hydrogens is 439 g/mol. The maximum atomic E-state index is 13.3. The van der Waals surface area contributed by atoms with E-state index in [-0.39, 0.29) is 47.0 Å². The van der Waals surface area contributed by atoms with Crippen molar-refractivity contribution in [2.45, 2.75) is 13.1 Å². The number of halogens is 1. The molecule has 1 amide bonds. The predicted molar refractivity (Wildman–Crippen MR) is 123 cm³/mol. The van der Waals surface area contributed by atoms with Crippen molar-refractivity contribution in [3.8, 4) is 11.6 Å². The molecule has 0 saturated carbocycles. The highest BCUT2D eigenvalue weighted by atomic mass is 19.1. The smallest absolute Gasteiger partial charge is 0.252 e. The van der Waals surface area contributed by atoms with Crippen molar-refractivity contribution in [1.82, 2.24) is 14.9 Å². The highest BCUT2D eigenvalue weighted by molar-refractivity contribution is 6.21. The van der Waals surface area contributed by atoms with E-state index in [2.05, 4.69) is 10.3 Å². The first kappa shape index (κ1) is 21.2. The third-order valence-electron chi connectivity index (χ3n) is 5.67. The van der Waals surface area contributed by atoms with Gasteiger partial charge in [0.25, 0.3) is 5.91 Å². The van der Waals surface area contributed by atoms with E-state index < -0.39 is 5.91 Å². The average Bonchev–Trinajstić information content (AvgIpc) is 3.16.